The molecule has 4 rings (SSSR count). The summed E-state index contributed by atoms with van der Waals surface area (Å²) in [5, 5.41) is 22.9. The van der Waals surface area contributed by atoms with E-state index in [0.29, 0.717) is 4.73 Å². The van der Waals surface area contributed by atoms with Gasteiger partial charge in [0.15, 0.2) is 15.6 Å². The van der Waals surface area contributed by atoms with E-state index in [1.54, 1.807) is 27.8 Å². The summed E-state index contributed by atoms with van der Waals surface area (Å²) in [6.45, 7) is 0. The van der Waals surface area contributed by atoms with Crippen molar-refractivity contribution in [2.75, 3.05) is 0 Å². The molecule has 0 saturated heterocycles. The minimum absolute atomic E-state index is 0.628. The average molecular weight is 496 g/mol. The number of aromatic nitrogens is 8. The fourth-order valence-corrected chi connectivity index (χ4v) is 1.75. The van der Waals surface area contributed by atoms with Gasteiger partial charge in [-0.1, -0.05) is 34.8 Å². The van der Waals surface area contributed by atoms with Crippen molar-refractivity contribution in [1.82, 2.24) is 39.6 Å². The summed E-state index contributed by atoms with van der Waals surface area (Å²) in [5.74, 6) is 0. The van der Waals surface area contributed by atoms with Crippen LogP contribution in [0.15, 0.2) is 52.0 Å². The standard InChI is InChI=1S/C5H3BrN4.C5H4N4.CHCl3.BHNS/c6-5-9-8-4-2-1-3-7-10(4)5;1-2-5-8-6-4-9(5)7-3-1;2-1(3)4;1-2-3/h1-3H;1-4H;1H;3H. The number of thiol groups is 1. The maximum atomic E-state index is 4.81. The zero-order valence-electron chi connectivity index (χ0n) is 12.7. The van der Waals surface area contributed by atoms with E-state index in [2.05, 4.69) is 71.3 Å². The Kier molecular flexibility index (Phi) is 11.3. The topological polar surface area (TPSA) is 98.5 Å². The molecule has 0 aliphatic heterocycles. The van der Waals surface area contributed by atoms with Gasteiger partial charge in [-0.2, -0.15) is 14.7 Å². The SMILES string of the molecule is Brc1nnc2cccnn12.ClC(Cl)Cl.[B]=NS.c1cnn2cnnc2c1. The van der Waals surface area contributed by atoms with Gasteiger partial charge in [0.1, 0.15) is 6.33 Å². The van der Waals surface area contributed by atoms with Crippen LogP contribution in [0.4, 0.5) is 0 Å². The monoisotopic (exact) mass is 494 g/mol. The molecule has 0 spiro atoms. The molecular formula is C11H9BBrCl3N9S. The van der Waals surface area contributed by atoms with E-state index in [1.807, 2.05) is 24.3 Å². The van der Waals surface area contributed by atoms with Crippen LogP contribution in [0.5, 0.6) is 0 Å². The molecule has 1 radical (unpaired) electrons. The van der Waals surface area contributed by atoms with Gasteiger partial charge >= 0.3 is 24.8 Å². The zero-order chi connectivity index (χ0) is 19.4. The van der Waals surface area contributed by atoms with Gasteiger partial charge in [0.05, 0.1) is 0 Å². The van der Waals surface area contributed by atoms with E-state index in [0.717, 1.165) is 11.3 Å². The molecule has 4 heterocycles. The third kappa shape index (κ3) is 8.36. The van der Waals surface area contributed by atoms with Crippen LogP contribution in [-0.4, -0.2) is 51.6 Å². The van der Waals surface area contributed by atoms with Crippen LogP contribution >= 0.6 is 63.5 Å². The number of nitrogens with zero attached hydrogens (tertiary/aromatic N) is 9. The Hall–Kier alpha value is -1.34. The third-order valence-corrected chi connectivity index (χ3v) is 2.71. The maximum Gasteiger partial charge on any atom is 0.177 e. The van der Waals surface area contributed by atoms with Crippen LogP contribution in [0.1, 0.15) is 0 Å². The van der Waals surface area contributed by atoms with Crippen LogP contribution in [0, 0.1) is 0 Å². The van der Waals surface area contributed by atoms with Crippen LogP contribution in [-0.2, 0) is 0 Å². The van der Waals surface area contributed by atoms with Crippen molar-refractivity contribution >= 4 is 82.5 Å². The van der Waals surface area contributed by atoms with Crippen LogP contribution in [0.2, 0.25) is 0 Å². The van der Waals surface area contributed by atoms with Gasteiger partial charge in [-0.15, -0.1) is 20.4 Å². The Morgan fingerprint density at radius 3 is 2.19 bits per heavy atom. The molecule has 0 bridgehead atoms. The normalized spacial score (nSPS) is 9.42. The first-order valence-electron chi connectivity index (χ1n) is 6.39. The van der Waals surface area contributed by atoms with E-state index in [-0.39, 0.29) is 0 Å². The van der Waals surface area contributed by atoms with Crippen LogP contribution < -0.4 is 0 Å². The Morgan fingerprint density at radius 2 is 1.62 bits per heavy atom. The van der Waals surface area contributed by atoms with E-state index >= 15 is 0 Å². The molecule has 26 heavy (non-hydrogen) atoms. The number of fused-ring (bicyclic) bond motifs is 2. The molecule has 0 aliphatic rings. The zero-order valence-corrected chi connectivity index (χ0v) is 17.4. The molecule has 4 aromatic rings. The van der Waals surface area contributed by atoms with Crippen molar-refractivity contribution in [1.29, 1.82) is 0 Å². The number of alkyl halides is 3. The summed E-state index contributed by atoms with van der Waals surface area (Å²) in [6.07, 6.45) is 4.94. The van der Waals surface area contributed by atoms with Crippen molar-refractivity contribution in [2.24, 2.45) is 4.30 Å². The van der Waals surface area contributed by atoms with Gasteiger partial charge in [0.25, 0.3) is 0 Å². The predicted octanol–water partition coefficient (Wildman–Crippen LogP) is 3.18. The van der Waals surface area contributed by atoms with Gasteiger partial charge in [0, 0.05) is 12.4 Å². The molecule has 9 nitrogen and oxygen atoms in total. The van der Waals surface area contributed by atoms with E-state index in [1.165, 1.54) is 0 Å². The molecule has 4 aromatic heterocycles. The molecule has 0 amide bonds. The second-order valence-electron chi connectivity index (χ2n) is 3.78. The fraction of sp³-hybridized carbons (Fsp3) is 0.0909. The Balaban J connectivity index is 0.000000195. The van der Waals surface area contributed by atoms with Crippen molar-refractivity contribution in [3.8, 4) is 0 Å². The summed E-state index contributed by atoms with van der Waals surface area (Å²) in [7, 11) is 4.34. The van der Waals surface area contributed by atoms with Crippen LogP contribution in [0.3, 0.4) is 0 Å². The second-order valence-corrected chi connectivity index (χ2v) is 6.70. The van der Waals surface area contributed by atoms with E-state index in [9.17, 15) is 0 Å². The largest absolute Gasteiger partial charge is 0.201 e. The molecule has 0 aromatic carbocycles. The predicted molar refractivity (Wildman–Crippen MR) is 108 cm³/mol. The van der Waals surface area contributed by atoms with Crippen molar-refractivity contribution < 1.29 is 0 Å². The van der Waals surface area contributed by atoms with E-state index in [4.69, 9.17) is 34.8 Å². The molecule has 0 N–H and O–H groups in total. The quantitative estimate of drug-likeness (QED) is 0.228. The minimum Gasteiger partial charge on any atom is -0.201 e. The van der Waals surface area contributed by atoms with Gasteiger partial charge in [0.2, 0.25) is 4.73 Å². The number of halogens is 4. The van der Waals surface area contributed by atoms with E-state index < -0.39 is 4.30 Å². The van der Waals surface area contributed by atoms with Crippen molar-refractivity contribution in [3.05, 3.63) is 47.7 Å². The Bertz CT molecular complexity index is 889. The van der Waals surface area contributed by atoms with Crippen LogP contribution in [0.25, 0.3) is 11.3 Å². The number of hydrogen-bond acceptors (Lipinski definition) is 8. The first kappa shape index (κ1) is 22.7. The molecule has 0 saturated carbocycles. The van der Waals surface area contributed by atoms with Crippen molar-refractivity contribution in [2.45, 2.75) is 4.30 Å². The molecule has 0 fully saturated rings. The molecule has 15 heteroatoms. The average Bonchev–Trinajstić information content (AvgIpc) is 3.23. The summed E-state index contributed by atoms with van der Waals surface area (Å²) < 4.78 is 5.79. The summed E-state index contributed by atoms with van der Waals surface area (Å²) >= 11 is 20.8. The van der Waals surface area contributed by atoms with Gasteiger partial charge in [-0.05, 0) is 40.2 Å². The third-order valence-electron chi connectivity index (χ3n) is 2.22. The maximum absolute atomic E-state index is 4.81. The molecule has 135 valence electrons. The molecule has 0 aliphatic carbocycles. The summed E-state index contributed by atoms with van der Waals surface area (Å²) in [4.78, 5) is 0. The fourth-order valence-electron chi connectivity index (χ4n) is 1.39. The first-order chi connectivity index (χ1) is 12.5. The molecule has 0 unspecified atom stereocenters. The summed E-state index contributed by atoms with van der Waals surface area (Å²) in [6, 6.07) is 7.32. The van der Waals surface area contributed by atoms with Gasteiger partial charge < -0.3 is 0 Å². The smallest absolute Gasteiger partial charge is 0.177 e. The van der Waals surface area contributed by atoms with Gasteiger partial charge in [-0.25, -0.2) is 4.52 Å². The Morgan fingerprint density at radius 1 is 1.04 bits per heavy atom. The number of rotatable bonds is 0. The second kappa shape index (κ2) is 12.9. The van der Waals surface area contributed by atoms with Gasteiger partial charge in [-0.3, -0.25) is 0 Å². The Labute approximate surface area is 177 Å². The number of hydrogen-bond donors (Lipinski definition) is 1. The first-order valence-corrected chi connectivity index (χ1v) is 8.89. The molecule has 0 atom stereocenters. The molecular weight excluding hydrogens is 487 g/mol. The van der Waals surface area contributed by atoms with Crippen molar-refractivity contribution in [3.63, 3.8) is 0 Å². The minimum atomic E-state index is -0.750. The summed E-state index contributed by atoms with van der Waals surface area (Å²) in [5.41, 5.74) is 1.52.